The lowest BCUT2D eigenvalue weighted by molar-refractivity contribution is -0.384. The van der Waals surface area contributed by atoms with Crippen molar-refractivity contribution in [3.8, 4) is 11.5 Å². The van der Waals surface area contributed by atoms with E-state index in [9.17, 15) is 10.1 Å². The van der Waals surface area contributed by atoms with E-state index >= 15 is 0 Å². The summed E-state index contributed by atoms with van der Waals surface area (Å²) < 4.78 is 5.51. The van der Waals surface area contributed by atoms with Gasteiger partial charge in [0.25, 0.3) is 5.69 Å². The summed E-state index contributed by atoms with van der Waals surface area (Å²) in [5, 5.41) is 19.7. The Labute approximate surface area is 124 Å². The van der Waals surface area contributed by atoms with E-state index in [2.05, 4.69) is 0 Å². The van der Waals surface area contributed by atoms with Crippen LogP contribution in [0.5, 0.6) is 11.5 Å². The fourth-order valence-electron chi connectivity index (χ4n) is 1.53. The van der Waals surface area contributed by atoms with Gasteiger partial charge in [-0.3, -0.25) is 10.1 Å². The molecule has 0 atom stereocenters. The van der Waals surface area contributed by atoms with Crippen molar-refractivity contribution < 1.29 is 14.8 Å². The Kier molecular flexibility index (Phi) is 4.44. The predicted octanol–water partition coefficient (Wildman–Crippen LogP) is 4.19. The van der Waals surface area contributed by atoms with Crippen LogP contribution in [0, 0.1) is 10.1 Å². The van der Waals surface area contributed by atoms with Crippen molar-refractivity contribution in [3.63, 3.8) is 0 Å². The number of aliphatic hydroxyl groups excluding tert-OH is 1. The summed E-state index contributed by atoms with van der Waals surface area (Å²) in [6.07, 6.45) is 0. The first-order chi connectivity index (χ1) is 9.51. The third-order valence-electron chi connectivity index (χ3n) is 2.52. The maximum Gasteiger partial charge on any atom is 0.272 e. The van der Waals surface area contributed by atoms with Crippen LogP contribution in [0.3, 0.4) is 0 Å². The Morgan fingerprint density at radius 3 is 2.15 bits per heavy atom. The first-order valence-corrected chi connectivity index (χ1v) is 6.28. The van der Waals surface area contributed by atoms with E-state index in [1.807, 2.05) is 0 Å². The Hall–Kier alpha value is -1.82. The summed E-state index contributed by atoms with van der Waals surface area (Å²) in [5.74, 6) is 0.607. The van der Waals surface area contributed by atoms with Crippen LogP contribution in [0.25, 0.3) is 0 Å². The standard InChI is InChI=1S/C13H9Cl2NO4/c14-11-5-9(16(18)19)6-12(15)13(11)20-10-3-1-8(7-17)2-4-10/h1-6,17H,7H2. The van der Waals surface area contributed by atoms with Gasteiger partial charge in [0.15, 0.2) is 5.75 Å². The molecule has 7 heteroatoms. The second-order valence-electron chi connectivity index (χ2n) is 3.90. The first kappa shape index (κ1) is 14.6. The molecular formula is C13H9Cl2NO4. The number of hydrogen-bond donors (Lipinski definition) is 1. The van der Waals surface area contributed by atoms with E-state index in [-0.39, 0.29) is 28.1 Å². The summed E-state index contributed by atoms with van der Waals surface area (Å²) in [5.41, 5.74) is 0.529. The Bertz CT molecular complexity index is 620. The van der Waals surface area contributed by atoms with Crippen LogP contribution in [0.2, 0.25) is 10.0 Å². The number of rotatable bonds is 4. The predicted molar refractivity (Wildman–Crippen MR) is 75.6 cm³/mol. The Morgan fingerprint density at radius 1 is 1.15 bits per heavy atom. The fraction of sp³-hybridized carbons (Fsp3) is 0.0769. The van der Waals surface area contributed by atoms with Crippen LogP contribution in [0.4, 0.5) is 5.69 Å². The highest BCUT2D eigenvalue weighted by Gasteiger charge is 2.16. The van der Waals surface area contributed by atoms with E-state index in [4.69, 9.17) is 33.0 Å². The summed E-state index contributed by atoms with van der Waals surface area (Å²) >= 11 is 11.9. The van der Waals surface area contributed by atoms with Gasteiger partial charge < -0.3 is 9.84 Å². The average Bonchev–Trinajstić information content (AvgIpc) is 2.43. The molecule has 0 spiro atoms. The van der Waals surface area contributed by atoms with Gasteiger partial charge in [0, 0.05) is 12.1 Å². The molecule has 0 saturated carbocycles. The second kappa shape index (κ2) is 6.09. The van der Waals surface area contributed by atoms with Gasteiger partial charge in [-0.15, -0.1) is 0 Å². The maximum atomic E-state index is 10.7. The zero-order valence-electron chi connectivity index (χ0n) is 10.0. The molecule has 0 fully saturated rings. The van der Waals surface area contributed by atoms with Crippen molar-refractivity contribution in [2.24, 2.45) is 0 Å². The van der Waals surface area contributed by atoms with Gasteiger partial charge in [-0.25, -0.2) is 0 Å². The van der Waals surface area contributed by atoms with Crippen LogP contribution < -0.4 is 4.74 Å². The molecule has 0 unspecified atom stereocenters. The minimum Gasteiger partial charge on any atom is -0.454 e. The molecule has 2 aromatic carbocycles. The number of nitro benzene ring substituents is 1. The number of aliphatic hydroxyl groups is 1. The SMILES string of the molecule is O=[N+]([O-])c1cc(Cl)c(Oc2ccc(CO)cc2)c(Cl)c1. The van der Waals surface area contributed by atoms with E-state index in [1.165, 1.54) is 12.1 Å². The Balaban J connectivity index is 2.30. The summed E-state index contributed by atoms with van der Waals surface area (Å²) in [4.78, 5) is 10.1. The third-order valence-corrected chi connectivity index (χ3v) is 3.08. The molecule has 104 valence electrons. The molecule has 2 rings (SSSR count). The molecule has 0 saturated heterocycles. The average molecular weight is 314 g/mol. The smallest absolute Gasteiger partial charge is 0.272 e. The lowest BCUT2D eigenvalue weighted by Gasteiger charge is -2.09. The van der Waals surface area contributed by atoms with Gasteiger partial charge >= 0.3 is 0 Å². The minimum atomic E-state index is -0.586. The van der Waals surface area contributed by atoms with Crippen LogP contribution >= 0.6 is 23.2 Å². The molecule has 20 heavy (non-hydrogen) atoms. The molecular weight excluding hydrogens is 305 g/mol. The molecule has 0 aromatic heterocycles. The number of nitrogens with zero attached hydrogens (tertiary/aromatic N) is 1. The van der Waals surface area contributed by atoms with Crippen LogP contribution in [0.1, 0.15) is 5.56 Å². The molecule has 0 bridgehead atoms. The summed E-state index contributed by atoms with van der Waals surface area (Å²) in [7, 11) is 0. The zero-order chi connectivity index (χ0) is 14.7. The van der Waals surface area contributed by atoms with Gasteiger partial charge in [0.2, 0.25) is 0 Å². The monoisotopic (exact) mass is 313 g/mol. The first-order valence-electron chi connectivity index (χ1n) is 5.52. The molecule has 2 aromatic rings. The van der Waals surface area contributed by atoms with Crippen LogP contribution in [-0.4, -0.2) is 10.0 Å². The number of nitro groups is 1. The van der Waals surface area contributed by atoms with Gasteiger partial charge in [0.1, 0.15) is 5.75 Å². The van der Waals surface area contributed by atoms with E-state index in [0.717, 1.165) is 5.56 Å². The van der Waals surface area contributed by atoms with Crippen molar-refractivity contribution in [1.29, 1.82) is 0 Å². The van der Waals surface area contributed by atoms with Gasteiger partial charge in [0.05, 0.1) is 21.6 Å². The van der Waals surface area contributed by atoms with Gasteiger partial charge in [-0.2, -0.15) is 0 Å². The number of hydrogen-bond acceptors (Lipinski definition) is 4. The lowest BCUT2D eigenvalue weighted by atomic mass is 10.2. The Morgan fingerprint density at radius 2 is 1.70 bits per heavy atom. The molecule has 0 aliphatic heterocycles. The minimum absolute atomic E-state index is 0.0513. The quantitative estimate of drug-likeness (QED) is 0.678. The third kappa shape index (κ3) is 3.19. The van der Waals surface area contributed by atoms with E-state index < -0.39 is 4.92 Å². The van der Waals surface area contributed by atoms with E-state index in [0.29, 0.717) is 5.75 Å². The largest absolute Gasteiger partial charge is 0.454 e. The van der Waals surface area contributed by atoms with Gasteiger partial charge in [-0.1, -0.05) is 35.3 Å². The van der Waals surface area contributed by atoms with Gasteiger partial charge in [-0.05, 0) is 17.7 Å². The van der Waals surface area contributed by atoms with Crippen molar-refractivity contribution in [1.82, 2.24) is 0 Å². The molecule has 0 amide bonds. The van der Waals surface area contributed by atoms with Crippen LogP contribution in [-0.2, 0) is 6.61 Å². The topological polar surface area (TPSA) is 72.6 Å². The number of halogens is 2. The van der Waals surface area contributed by atoms with Crippen LogP contribution in [0.15, 0.2) is 36.4 Å². The normalized spacial score (nSPS) is 10.3. The highest BCUT2D eigenvalue weighted by Crippen LogP contribution is 2.39. The lowest BCUT2D eigenvalue weighted by Crippen LogP contribution is -1.92. The number of benzene rings is 2. The zero-order valence-corrected chi connectivity index (χ0v) is 11.6. The molecule has 5 nitrogen and oxygen atoms in total. The van der Waals surface area contributed by atoms with Crippen molar-refractivity contribution in [2.45, 2.75) is 6.61 Å². The number of ether oxygens (including phenoxy) is 1. The molecule has 0 heterocycles. The molecule has 0 aliphatic carbocycles. The molecule has 0 radical (unpaired) electrons. The highest BCUT2D eigenvalue weighted by atomic mass is 35.5. The maximum absolute atomic E-state index is 10.7. The highest BCUT2D eigenvalue weighted by molar-refractivity contribution is 6.37. The van der Waals surface area contributed by atoms with Crippen molar-refractivity contribution in [3.05, 3.63) is 62.1 Å². The number of non-ortho nitro benzene ring substituents is 1. The van der Waals surface area contributed by atoms with Crippen molar-refractivity contribution >= 4 is 28.9 Å². The second-order valence-corrected chi connectivity index (χ2v) is 4.71. The molecule has 0 aliphatic rings. The summed E-state index contributed by atoms with van der Waals surface area (Å²) in [6.45, 7) is -0.0701. The summed E-state index contributed by atoms with van der Waals surface area (Å²) in [6, 6.07) is 8.99. The van der Waals surface area contributed by atoms with E-state index in [1.54, 1.807) is 24.3 Å². The van der Waals surface area contributed by atoms with Crippen molar-refractivity contribution in [2.75, 3.05) is 0 Å². The fourth-order valence-corrected chi connectivity index (χ4v) is 2.08. The molecule has 1 N–H and O–H groups in total.